The van der Waals surface area contributed by atoms with Gasteiger partial charge in [-0.15, -0.1) is 0 Å². The Morgan fingerprint density at radius 3 is 2.45 bits per heavy atom. The van der Waals surface area contributed by atoms with E-state index in [0.717, 1.165) is 6.07 Å². The van der Waals surface area contributed by atoms with Crippen molar-refractivity contribution in [2.75, 3.05) is 5.32 Å². The lowest BCUT2D eigenvalue weighted by atomic mass is 10.1. The molecule has 0 aliphatic heterocycles. The number of halogens is 4. The Hall–Kier alpha value is -1.88. The highest BCUT2D eigenvalue weighted by Gasteiger charge is 2.33. The number of anilines is 1. The molecule has 2 N–H and O–H groups in total. The van der Waals surface area contributed by atoms with Crippen molar-refractivity contribution in [1.82, 2.24) is 0 Å². The number of benzene rings is 2. The van der Waals surface area contributed by atoms with E-state index < -0.39 is 11.7 Å². The normalized spacial score (nSPS) is 11.4. The molecule has 0 saturated carbocycles. The second-order valence-electron chi connectivity index (χ2n) is 4.17. The van der Waals surface area contributed by atoms with Crippen LogP contribution >= 0.6 is 11.6 Å². The summed E-state index contributed by atoms with van der Waals surface area (Å²) in [6.45, 7) is 0.0807. The molecule has 2 nitrogen and oxygen atoms in total. The molecule has 2 aromatic rings. The first-order valence-corrected chi connectivity index (χ1v) is 6.13. The summed E-state index contributed by atoms with van der Waals surface area (Å²) in [5.41, 5.74) is -0.402. The topological polar surface area (TPSA) is 32.3 Å². The summed E-state index contributed by atoms with van der Waals surface area (Å²) in [5, 5.41) is 12.3. The number of hydrogen-bond acceptors (Lipinski definition) is 2. The summed E-state index contributed by atoms with van der Waals surface area (Å²) in [4.78, 5) is 0. The van der Waals surface area contributed by atoms with Crippen LogP contribution in [0.5, 0.6) is 5.75 Å². The Labute approximate surface area is 118 Å². The lowest BCUT2D eigenvalue weighted by Crippen LogP contribution is -2.10. The fraction of sp³-hybridized carbons (Fsp3) is 0.143. The van der Waals surface area contributed by atoms with E-state index in [1.165, 1.54) is 18.2 Å². The zero-order valence-electron chi connectivity index (χ0n) is 10.2. The molecule has 0 spiro atoms. The SMILES string of the molecule is Oc1ccccc1CNc1ccc(Cl)cc1C(F)(F)F. The standard InChI is InChI=1S/C14H11ClF3NO/c15-10-5-6-12(11(7-10)14(16,17)18)19-8-9-3-1-2-4-13(9)20/h1-7,19-20H,8H2. The monoisotopic (exact) mass is 301 g/mol. The average molecular weight is 302 g/mol. The van der Waals surface area contributed by atoms with Crippen molar-refractivity contribution in [1.29, 1.82) is 0 Å². The zero-order valence-corrected chi connectivity index (χ0v) is 11.0. The predicted octanol–water partition coefficient (Wildman–Crippen LogP) is 4.68. The highest BCUT2D eigenvalue weighted by Crippen LogP contribution is 2.36. The van der Waals surface area contributed by atoms with E-state index in [2.05, 4.69) is 5.32 Å². The van der Waals surface area contributed by atoms with Gasteiger partial charge in [-0.05, 0) is 24.3 Å². The molecule has 0 aromatic heterocycles. The van der Waals surface area contributed by atoms with Gasteiger partial charge in [-0.1, -0.05) is 29.8 Å². The molecule has 2 rings (SSSR count). The lowest BCUT2D eigenvalue weighted by molar-refractivity contribution is -0.136. The van der Waals surface area contributed by atoms with Gasteiger partial charge < -0.3 is 10.4 Å². The first-order chi connectivity index (χ1) is 9.38. The third-order valence-corrected chi connectivity index (χ3v) is 2.98. The van der Waals surface area contributed by atoms with Crippen LogP contribution in [0, 0.1) is 0 Å². The molecule has 0 aliphatic rings. The molecule has 0 aliphatic carbocycles. The van der Waals surface area contributed by atoms with Crippen LogP contribution in [0.2, 0.25) is 5.02 Å². The van der Waals surface area contributed by atoms with Crippen LogP contribution in [0.4, 0.5) is 18.9 Å². The molecule has 0 amide bonds. The minimum atomic E-state index is -4.49. The summed E-state index contributed by atoms with van der Waals surface area (Å²) >= 11 is 5.60. The van der Waals surface area contributed by atoms with Crippen LogP contribution in [-0.4, -0.2) is 5.11 Å². The van der Waals surface area contributed by atoms with E-state index in [1.54, 1.807) is 18.2 Å². The number of aromatic hydroxyl groups is 1. The molecule has 0 atom stereocenters. The van der Waals surface area contributed by atoms with Crippen LogP contribution < -0.4 is 5.32 Å². The van der Waals surface area contributed by atoms with Gasteiger partial charge in [-0.2, -0.15) is 13.2 Å². The van der Waals surface area contributed by atoms with Crippen molar-refractivity contribution in [3.8, 4) is 5.75 Å². The molecule has 2 aromatic carbocycles. The summed E-state index contributed by atoms with van der Waals surface area (Å²) in [6, 6.07) is 9.96. The number of alkyl halides is 3. The highest BCUT2D eigenvalue weighted by atomic mass is 35.5. The van der Waals surface area contributed by atoms with E-state index in [-0.39, 0.29) is 23.0 Å². The van der Waals surface area contributed by atoms with Crippen molar-refractivity contribution in [2.45, 2.75) is 12.7 Å². The predicted molar refractivity (Wildman–Crippen MR) is 71.9 cm³/mol. The smallest absolute Gasteiger partial charge is 0.418 e. The van der Waals surface area contributed by atoms with Crippen molar-refractivity contribution in [3.05, 3.63) is 58.6 Å². The van der Waals surface area contributed by atoms with Crippen molar-refractivity contribution >= 4 is 17.3 Å². The quantitative estimate of drug-likeness (QED) is 0.863. The molecule has 0 heterocycles. The largest absolute Gasteiger partial charge is 0.508 e. The minimum absolute atomic E-state index is 0.0189. The molecule has 0 unspecified atom stereocenters. The summed E-state index contributed by atoms with van der Waals surface area (Å²) in [6.07, 6.45) is -4.49. The maximum Gasteiger partial charge on any atom is 0.418 e. The third kappa shape index (κ3) is 3.36. The molecule has 0 saturated heterocycles. The van der Waals surface area contributed by atoms with Crippen LogP contribution in [0.25, 0.3) is 0 Å². The molecule has 0 fully saturated rings. The molecular weight excluding hydrogens is 291 g/mol. The Morgan fingerprint density at radius 1 is 1.10 bits per heavy atom. The number of phenolic OH excluding ortho intramolecular Hbond substituents is 1. The Balaban J connectivity index is 2.24. The van der Waals surface area contributed by atoms with Gasteiger partial charge in [-0.25, -0.2) is 0 Å². The van der Waals surface area contributed by atoms with Gasteiger partial charge in [0.15, 0.2) is 0 Å². The molecule has 0 radical (unpaired) electrons. The maximum absolute atomic E-state index is 12.9. The van der Waals surface area contributed by atoms with Gasteiger partial charge in [0.25, 0.3) is 0 Å². The van der Waals surface area contributed by atoms with Crippen molar-refractivity contribution < 1.29 is 18.3 Å². The molecule has 106 valence electrons. The fourth-order valence-electron chi connectivity index (χ4n) is 1.76. The summed E-state index contributed by atoms with van der Waals surface area (Å²) in [7, 11) is 0. The molecule has 0 bridgehead atoms. The first kappa shape index (κ1) is 14.5. The van der Waals surface area contributed by atoms with Gasteiger partial charge in [0.1, 0.15) is 5.75 Å². The third-order valence-electron chi connectivity index (χ3n) is 2.75. The van der Waals surface area contributed by atoms with Gasteiger partial charge in [0.2, 0.25) is 0 Å². The van der Waals surface area contributed by atoms with Gasteiger partial charge in [-0.3, -0.25) is 0 Å². The van der Waals surface area contributed by atoms with E-state index in [0.29, 0.717) is 5.56 Å². The molecular formula is C14H11ClF3NO. The van der Waals surface area contributed by atoms with Gasteiger partial charge >= 0.3 is 6.18 Å². The number of hydrogen-bond donors (Lipinski definition) is 2. The van der Waals surface area contributed by atoms with E-state index in [4.69, 9.17) is 11.6 Å². The van der Waals surface area contributed by atoms with Gasteiger partial charge in [0, 0.05) is 22.8 Å². The van der Waals surface area contributed by atoms with Crippen LogP contribution in [-0.2, 0) is 12.7 Å². The van der Waals surface area contributed by atoms with Crippen LogP contribution in [0.3, 0.4) is 0 Å². The lowest BCUT2D eigenvalue weighted by Gasteiger charge is -2.15. The summed E-state index contributed by atoms with van der Waals surface area (Å²) < 4.78 is 38.7. The second-order valence-corrected chi connectivity index (χ2v) is 4.61. The molecule has 6 heteroatoms. The minimum Gasteiger partial charge on any atom is -0.508 e. The number of phenols is 1. The zero-order chi connectivity index (χ0) is 14.8. The Bertz CT molecular complexity index is 614. The van der Waals surface area contributed by atoms with Crippen molar-refractivity contribution in [3.63, 3.8) is 0 Å². The first-order valence-electron chi connectivity index (χ1n) is 5.75. The second kappa shape index (κ2) is 5.63. The van der Waals surface area contributed by atoms with Gasteiger partial charge in [0.05, 0.1) is 5.56 Å². The van der Waals surface area contributed by atoms with Crippen molar-refractivity contribution in [2.24, 2.45) is 0 Å². The Kier molecular flexibility index (Phi) is 4.09. The average Bonchev–Trinajstić information content (AvgIpc) is 2.38. The van der Waals surface area contributed by atoms with Crippen LogP contribution in [0.1, 0.15) is 11.1 Å². The Morgan fingerprint density at radius 2 is 1.80 bits per heavy atom. The van der Waals surface area contributed by atoms with Crippen LogP contribution in [0.15, 0.2) is 42.5 Å². The summed E-state index contributed by atoms with van der Waals surface area (Å²) in [5.74, 6) is 0.0301. The van der Waals surface area contributed by atoms with E-state index in [9.17, 15) is 18.3 Å². The molecule has 20 heavy (non-hydrogen) atoms. The highest BCUT2D eigenvalue weighted by molar-refractivity contribution is 6.30. The number of para-hydroxylation sites is 1. The number of nitrogens with one attached hydrogen (secondary N) is 1. The van der Waals surface area contributed by atoms with E-state index in [1.807, 2.05) is 0 Å². The number of rotatable bonds is 3. The maximum atomic E-state index is 12.9. The van der Waals surface area contributed by atoms with E-state index >= 15 is 0 Å². The fourth-order valence-corrected chi connectivity index (χ4v) is 1.93.